The van der Waals surface area contributed by atoms with Crippen LogP contribution in [0.2, 0.25) is 0 Å². The summed E-state index contributed by atoms with van der Waals surface area (Å²) in [7, 11) is 1.49. The maximum atomic E-state index is 13.5. The zero-order valence-corrected chi connectivity index (χ0v) is 23.3. The Morgan fingerprint density at radius 1 is 1.27 bits per heavy atom. The quantitative estimate of drug-likeness (QED) is 0.361. The maximum Gasteiger partial charge on any atom is 0.332 e. The Morgan fingerprint density at radius 3 is 2.30 bits per heavy atom. The summed E-state index contributed by atoms with van der Waals surface area (Å²) in [6.45, 7) is 9.16. The van der Waals surface area contributed by atoms with Gasteiger partial charge in [-0.2, -0.15) is 0 Å². The van der Waals surface area contributed by atoms with Gasteiger partial charge in [-0.25, -0.2) is 9.78 Å². The van der Waals surface area contributed by atoms with E-state index in [2.05, 4.69) is 15.6 Å². The fourth-order valence-corrected chi connectivity index (χ4v) is 7.80. The number of nitrogens with zero attached hydrogens (tertiary/aromatic N) is 2. The molecule has 33 heavy (non-hydrogen) atoms. The third-order valence-electron chi connectivity index (χ3n) is 6.33. The van der Waals surface area contributed by atoms with Gasteiger partial charge in [-0.1, -0.05) is 20.8 Å². The first-order valence-corrected chi connectivity index (χ1v) is 12.6. The number of nitrogens with one attached hydrogen (secondary N) is 2. The van der Waals surface area contributed by atoms with Crippen molar-refractivity contribution in [2.24, 2.45) is 5.41 Å². The van der Waals surface area contributed by atoms with Crippen molar-refractivity contribution in [3.05, 3.63) is 16.1 Å². The van der Waals surface area contributed by atoms with E-state index in [0.717, 1.165) is 0 Å². The molecule has 0 unspecified atom stereocenters. The molecule has 0 spiro atoms. The predicted molar refractivity (Wildman–Crippen MR) is 128 cm³/mol. The van der Waals surface area contributed by atoms with E-state index in [1.807, 2.05) is 0 Å². The number of carbonyl (C=O) groups is 3. The van der Waals surface area contributed by atoms with Crippen LogP contribution in [-0.2, 0) is 19.9 Å². The first-order chi connectivity index (χ1) is 15.1. The van der Waals surface area contributed by atoms with Gasteiger partial charge in [0.1, 0.15) is 27.7 Å². The van der Waals surface area contributed by atoms with Crippen LogP contribution in [0.5, 0.6) is 0 Å². The highest BCUT2D eigenvalue weighted by Crippen LogP contribution is 2.44. The molecule has 2 amide bonds. The minimum absolute atomic E-state index is 0.0467. The van der Waals surface area contributed by atoms with Gasteiger partial charge in [-0.05, 0) is 45.2 Å². The molecule has 1 saturated heterocycles. The van der Waals surface area contributed by atoms with Gasteiger partial charge in [0.25, 0.3) is 5.91 Å². The third kappa shape index (κ3) is 4.99. The van der Waals surface area contributed by atoms with Gasteiger partial charge >= 0.3 is 5.97 Å². The van der Waals surface area contributed by atoms with Crippen molar-refractivity contribution in [3.8, 4) is 0 Å². The Bertz CT molecular complexity index is 872. The fourth-order valence-electron chi connectivity index (χ4n) is 5.15. The van der Waals surface area contributed by atoms with Crippen LogP contribution in [0.1, 0.15) is 63.0 Å². The molecule has 1 aromatic heterocycles. The lowest BCUT2D eigenvalue weighted by Gasteiger charge is -2.54. The number of rotatable bonds is 8. The molecule has 1 atom stereocenters. The molecule has 2 heterocycles. The Morgan fingerprint density at radius 2 is 1.85 bits per heavy atom. The van der Waals surface area contributed by atoms with Crippen molar-refractivity contribution in [1.82, 2.24) is 20.2 Å². The van der Waals surface area contributed by atoms with Crippen molar-refractivity contribution in [1.29, 1.82) is 0 Å². The lowest BCUT2D eigenvalue weighted by atomic mass is 9.64. The molecule has 12 heteroatoms. The average molecular weight is 501 g/mol. The number of carbonyl (C=O) groups excluding carboxylic acids is 2. The number of ether oxygens (including phenoxy) is 1. The topological polar surface area (TPSA) is 141 Å². The van der Waals surface area contributed by atoms with Crippen LogP contribution in [0.4, 0.5) is 0 Å². The molecule has 1 aromatic rings. The monoisotopic (exact) mass is 500 g/mol. The predicted octanol–water partition coefficient (Wildman–Crippen LogP) is -0.153. The number of carboxylic acid groups (broad SMARTS) is 1. The second-order valence-corrected chi connectivity index (χ2v) is 11.8. The molecule has 0 bridgehead atoms. The molecule has 0 radical (unpaired) electrons. The molecule has 1 aliphatic rings. The summed E-state index contributed by atoms with van der Waals surface area (Å²) in [4.78, 5) is 43.0. The van der Waals surface area contributed by atoms with Crippen LogP contribution >= 0.6 is 11.3 Å². The lowest BCUT2D eigenvalue weighted by molar-refractivity contribution is -0.175. The number of hydrogen-bond acceptors (Lipinski definition) is 8. The Balaban J connectivity index is 2.48. The number of hydrogen-bond donors (Lipinski definition) is 4. The van der Waals surface area contributed by atoms with Gasteiger partial charge in [0.05, 0.1) is 11.1 Å². The molecule has 10 nitrogen and oxygen atoms in total. The van der Waals surface area contributed by atoms with Gasteiger partial charge < -0.3 is 30.1 Å². The highest BCUT2D eigenvalue weighted by Gasteiger charge is 2.62. The van der Waals surface area contributed by atoms with Crippen molar-refractivity contribution < 1.29 is 29.3 Å². The maximum absolute atomic E-state index is 13.5. The Labute approximate surface area is 201 Å². The summed E-state index contributed by atoms with van der Waals surface area (Å²) in [5.41, 5.74) is -5.20. The number of carboxylic acids is 1. The van der Waals surface area contributed by atoms with Crippen LogP contribution in [-0.4, -0.2) is 85.9 Å². The Kier molecular flexibility index (Phi) is 8.12. The van der Waals surface area contributed by atoms with Crippen LogP contribution in [0.25, 0.3) is 0 Å². The first-order valence-electron chi connectivity index (χ1n) is 10.8. The number of aromatic nitrogens is 1. The average Bonchev–Trinajstić information content (AvgIpc) is 3.17. The van der Waals surface area contributed by atoms with Crippen LogP contribution in [0, 0.1) is 5.41 Å². The molecule has 0 aliphatic carbocycles. The lowest BCUT2D eigenvalue weighted by Crippen LogP contribution is -2.73. The van der Waals surface area contributed by atoms with Crippen LogP contribution in [0.3, 0.4) is 0 Å². The third-order valence-corrected chi connectivity index (χ3v) is 8.46. The minimum Gasteiger partial charge on any atom is -0.479 e. The molecular formula is C21H36N4O6SSi. The molecule has 1 fully saturated rings. The SMILES string of the molecule is COCC(=O)NC1(c2nc(C(=O)N([SiH3])[C@@](C(=O)O)(C(C)(C)C)C(C)(C)O)cs2)CCNCC1. The minimum atomic E-state index is -1.87. The molecule has 1 aliphatic heterocycles. The summed E-state index contributed by atoms with van der Waals surface area (Å²) in [5.74, 6) is -2.11. The molecule has 0 saturated carbocycles. The number of methoxy groups -OCH3 is 1. The normalized spacial score (nSPS) is 18.4. The summed E-state index contributed by atoms with van der Waals surface area (Å²) in [6.07, 6.45) is 1.19. The molecule has 0 aromatic carbocycles. The number of amides is 2. The van der Waals surface area contributed by atoms with Crippen molar-refractivity contribution in [2.45, 2.75) is 64.1 Å². The molecule has 4 N–H and O–H groups in total. The molecular weight excluding hydrogens is 464 g/mol. The summed E-state index contributed by atoms with van der Waals surface area (Å²) in [5, 5.41) is 29.7. The zero-order chi connectivity index (χ0) is 25.2. The van der Waals surface area contributed by atoms with E-state index in [1.54, 1.807) is 26.2 Å². The second kappa shape index (κ2) is 9.78. The summed E-state index contributed by atoms with van der Waals surface area (Å²) < 4.78 is 6.16. The van der Waals surface area contributed by atoms with Gasteiger partial charge in [0.15, 0.2) is 5.54 Å². The molecule has 186 valence electrons. The van der Waals surface area contributed by atoms with Crippen molar-refractivity contribution >= 4 is 39.5 Å². The highest BCUT2D eigenvalue weighted by molar-refractivity contribution is 7.10. The van der Waals surface area contributed by atoms with Gasteiger partial charge in [-0.15, -0.1) is 11.3 Å². The number of aliphatic carboxylic acids is 1. The Hall–Kier alpha value is -1.86. The fraction of sp³-hybridized carbons (Fsp3) is 0.714. The summed E-state index contributed by atoms with van der Waals surface area (Å²) in [6, 6.07) is 0. The van der Waals surface area contributed by atoms with E-state index in [0.29, 0.717) is 30.9 Å². The van der Waals surface area contributed by atoms with Gasteiger partial charge in [0.2, 0.25) is 5.91 Å². The number of aliphatic hydroxyl groups is 1. The standard InChI is InChI=1S/C21H36N4O6SSi/c1-18(2,3)21(17(28)29,19(4,5)30)25(33)15(27)13-12-32-16(23-13)20(7-9-22-10-8-20)24-14(26)11-31-6/h12,22,30H,7-11H2,1-6,33H3,(H,24,26)(H,28,29)/t21-/m0/s1. The van der Waals surface area contributed by atoms with Crippen molar-refractivity contribution in [2.75, 3.05) is 26.8 Å². The smallest absolute Gasteiger partial charge is 0.332 e. The van der Waals surface area contributed by atoms with E-state index < -0.39 is 34.0 Å². The van der Waals surface area contributed by atoms with E-state index >= 15 is 0 Å². The van der Waals surface area contributed by atoms with E-state index in [4.69, 9.17) is 4.74 Å². The summed E-state index contributed by atoms with van der Waals surface area (Å²) >= 11 is 1.26. The zero-order valence-electron chi connectivity index (χ0n) is 20.4. The highest BCUT2D eigenvalue weighted by atomic mass is 32.1. The number of piperidine rings is 1. The van der Waals surface area contributed by atoms with Crippen molar-refractivity contribution in [3.63, 3.8) is 0 Å². The van der Waals surface area contributed by atoms with Crippen LogP contribution < -0.4 is 10.6 Å². The van der Waals surface area contributed by atoms with E-state index in [1.165, 1.54) is 36.9 Å². The second-order valence-electron chi connectivity index (χ2n) is 10.0. The first kappa shape index (κ1) is 27.4. The molecule has 2 rings (SSSR count). The van der Waals surface area contributed by atoms with E-state index in [9.17, 15) is 24.6 Å². The van der Waals surface area contributed by atoms with Crippen LogP contribution in [0.15, 0.2) is 5.38 Å². The van der Waals surface area contributed by atoms with E-state index in [-0.39, 0.29) is 28.6 Å². The van der Waals surface area contributed by atoms with Gasteiger partial charge in [0, 0.05) is 12.5 Å². The largest absolute Gasteiger partial charge is 0.479 e. The van der Waals surface area contributed by atoms with Gasteiger partial charge in [-0.3, -0.25) is 9.59 Å². The number of thiazole rings is 1.